The number of hydrogen-bond acceptors (Lipinski definition) is 4. The summed E-state index contributed by atoms with van der Waals surface area (Å²) >= 11 is 0. The van der Waals surface area contributed by atoms with Crippen LogP contribution in [0.4, 0.5) is 0 Å². The van der Waals surface area contributed by atoms with E-state index in [9.17, 15) is 13.2 Å². The molecule has 1 aliphatic rings. The number of likely N-dealkylation sites (tertiary alicyclic amines) is 1. The number of amides is 1. The minimum absolute atomic E-state index is 0. The first kappa shape index (κ1) is 19.9. The Labute approximate surface area is 143 Å². The van der Waals surface area contributed by atoms with Gasteiger partial charge in [0, 0.05) is 24.7 Å². The number of nitrogens with zero attached hydrogens (tertiary/aromatic N) is 1. The first-order valence-electron chi connectivity index (χ1n) is 7.45. The molecule has 1 saturated heterocycles. The summed E-state index contributed by atoms with van der Waals surface area (Å²) in [6.45, 7) is 5.48. The Balaban J connectivity index is 0.00000264. The predicted octanol–water partition coefficient (Wildman–Crippen LogP) is 1.22. The number of carbonyl (C=O) groups excluding carboxylic acids is 1. The van der Waals surface area contributed by atoms with Crippen molar-refractivity contribution < 1.29 is 13.2 Å². The molecule has 1 aliphatic heterocycles. The van der Waals surface area contributed by atoms with Crippen LogP contribution in [0, 0.1) is 5.92 Å². The number of nitrogens with two attached hydrogens (primary N) is 1. The molecule has 1 unspecified atom stereocenters. The van der Waals surface area contributed by atoms with Crippen LogP contribution in [0.3, 0.4) is 0 Å². The van der Waals surface area contributed by atoms with Crippen LogP contribution in [-0.4, -0.2) is 44.9 Å². The van der Waals surface area contributed by atoms with Crippen LogP contribution in [0.2, 0.25) is 0 Å². The lowest BCUT2D eigenvalue weighted by Gasteiger charge is -2.16. The number of halogens is 1. The van der Waals surface area contributed by atoms with Gasteiger partial charge in [0.2, 0.25) is 10.0 Å². The van der Waals surface area contributed by atoms with E-state index in [0.717, 1.165) is 6.42 Å². The third-order valence-electron chi connectivity index (χ3n) is 3.71. The van der Waals surface area contributed by atoms with E-state index in [4.69, 9.17) is 5.73 Å². The molecule has 0 saturated carbocycles. The number of sulfonamides is 1. The van der Waals surface area contributed by atoms with Crippen LogP contribution < -0.4 is 10.5 Å². The first-order valence-corrected chi connectivity index (χ1v) is 8.93. The summed E-state index contributed by atoms with van der Waals surface area (Å²) in [6.07, 6.45) is 0.924. The highest BCUT2D eigenvalue weighted by Gasteiger charge is 2.26. The molecule has 130 valence electrons. The molecule has 0 spiro atoms. The molecule has 6 nitrogen and oxygen atoms in total. The van der Waals surface area contributed by atoms with Crippen LogP contribution >= 0.6 is 12.4 Å². The Hall–Kier alpha value is -1.15. The minimum Gasteiger partial charge on any atom is -0.338 e. The Kier molecular flexibility index (Phi) is 7.01. The maximum Gasteiger partial charge on any atom is 0.253 e. The maximum atomic E-state index is 12.4. The topological polar surface area (TPSA) is 92.5 Å². The Morgan fingerprint density at radius 2 is 1.96 bits per heavy atom. The van der Waals surface area contributed by atoms with Gasteiger partial charge in [0.15, 0.2) is 0 Å². The fourth-order valence-corrected chi connectivity index (χ4v) is 3.80. The monoisotopic (exact) mass is 361 g/mol. The number of benzene rings is 1. The molecule has 0 aromatic heterocycles. The summed E-state index contributed by atoms with van der Waals surface area (Å²) in [6, 6.07) is 5.88. The van der Waals surface area contributed by atoms with E-state index in [-0.39, 0.29) is 29.3 Å². The quantitative estimate of drug-likeness (QED) is 0.824. The van der Waals surface area contributed by atoms with Gasteiger partial charge in [-0.3, -0.25) is 4.79 Å². The molecule has 1 amide bonds. The van der Waals surface area contributed by atoms with Crippen molar-refractivity contribution in [1.29, 1.82) is 0 Å². The Bertz CT molecular complexity index is 632. The van der Waals surface area contributed by atoms with E-state index in [2.05, 4.69) is 4.72 Å². The second-order valence-electron chi connectivity index (χ2n) is 5.94. The maximum absolute atomic E-state index is 12.4. The van der Waals surface area contributed by atoms with Crippen molar-refractivity contribution >= 4 is 28.3 Å². The van der Waals surface area contributed by atoms with Gasteiger partial charge in [-0.05, 0) is 57.0 Å². The molecule has 2 rings (SSSR count). The van der Waals surface area contributed by atoms with Gasteiger partial charge in [-0.1, -0.05) is 0 Å². The molecule has 8 heteroatoms. The van der Waals surface area contributed by atoms with Gasteiger partial charge in [-0.25, -0.2) is 13.1 Å². The number of nitrogens with one attached hydrogen (secondary N) is 1. The molecule has 1 atom stereocenters. The number of rotatable bonds is 5. The van der Waals surface area contributed by atoms with Crippen LogP contribution in [-0.2, 0) is 10.0 Å². The van der Waals surface area contributed by atoms with Crippen molar-refractivity contribution in [1.82, 2.24) is 9.62 Å². The molecule has 0 bridgehead atoms. The van der Waals surface area contributed by atoms with Gasteiger partial charge in [0.1, 0.15) is 0 Å². The highest BCUT2D eigenvalue weighted by molar-refractivity contribution is 7.89. The van der Waals surface area contributed by atoms with Crippen molar-refractivity contribution in [3.8, 4) is 0 Å². The van der Waals surface area contributed by atoms with E-state index in [1.54, 1.807) is 30.9 Å². The second kappa shape index (κ2) is 8.10. The lowest BCUT2D eigenvalue weighted by Crippen LogP contribution is -2.31. The van der Waals surface area contributed by atoms with E-state index < -0.39 is 10.0 Å². The zero-order chi connectivity index (χ0) is 16.3. The summed E-state index contributed by atoms with van der Waals surface area (Å²) in [5.74, 6) is 0.288. The second-order valence-corrected chi connectivity index (χ2v) is 7.66. The van der Waals surface area contributed by atoms with Crippen molar-refractivity contribution in [2.75, 3.05) is 19.6 Å². The first-order chi connectivity index (χ1) is 10.3. The largest absolute Gasteiger partial charge is 0.338 e. The molecule has 23 heavy (non-hydrogen) atoms. The summed E-state index contributed by atoms with van der Waals surface area (Å²) < 4.78 is 26.6. The Morgan fingerprint density at radius 3 is 2.43 bits per heavy atom. The summed E-state index contributed by atoms with van der Waals surface area (Å²) in [5, 5.41) is 0. The summed E-state index contributed by atoms with van der Waals surface area (Å²) in [5.41, 5.74) is 6.13. The molecule has 1 fully saturated rings. The van der Waals surface area contributed by atoms with Crippen LogP contribution in [0.15, 0.2) is 29.2 Å². The average molecular weight is 362 g/mol. The van der Waals surface area contributed by atoms with Gasteiger partial charge in [-0.15, -0.1) is 12.4 Å². The number of carbonyl (C=O) groups is 1. The third kappa shape index (κ3) is 4.91. The van der Waals surface area contributed by atoms with E-state index in [0.29, 0.717) is 31.1 Å². The number of hydrogen-bond donors (Lipinski definition) is 2. The molecule has 1 aromatic rings. The molecule has 0 radical (unpaired) electrons. The standard InChI is InChI=1S/C15H23N3O3S.ClH/c1-11(2)17-22(20,21)14-5-3-13(4-6-14)15(19)18-8-7-12(9-16)10-18;/h3-6,11-12,17H,7-10,16H2,1-2H3;1H. The highest BCUT2D eigenvalue weighted by atomic mass is 35.5. The van der Waals surface area contributed by atoms with Gasteiger partial charge < -0.3 is 10.6 Å². The van der Waals surface area contributed by atoms with Gasteiger partial charge >= 0.3 is 0 Å². The normalized spacial score (nSPS) is 18.1. The van der Waals surface area contributed by atoms with Crippen LogP contribution in [0.25, 0.3) is 0 Å². The van der Waals surface area contributed by atoms with E-state index in [1.807, 2.05) is 0 Å². The van der Waals surface area contributed by atoms with E-state index in [1.165, 1.54) is 12.1 Å². The fourth-order valence-electron chi connectivity index (χ4n) is 2.55. The minimum atomic E-state index is -3.53. The zero-order valence-electron chi connectivity index (χ0n) is 13.4. The van der Waals surface area contributed by atoms with Gasteiger partial charge in [0.25, 0.3) is 5.91 Å². The lowest BCUT2D eigenvalue weighted by atomic mass is 10.1. The Morgan fingerprint density at radius 1 is 1.35 bits per heavy atom. The van der Waals surface area contributed by atoms with Crippen molar-refractivity contribution in [3.05, 3.63) is 29.8 Å². The average Bonchev–Trinajstić information content (AvgIpc) is 2.94. The SMILES string of the molecule is CC(C)NS(=O)(=O)c1ccc(C(=O)N2CCC(CN)C2)cc1.Cl. The van der Waals surface area contributed by atoms with Crippen LogP contribution in [0.1, 0.15) is 30.6 Å². The third-order valence-corrected chi connectivity index (χ3v) is 5.38. The highest BCUT2D eigenvalue weighted by Crippen LogP contribution is 2.19. The van der Waals surface area contributed by atoms with Crippen molar-refractivity contribution in [2.24, 2.45) is 11.7 Å². The molecular weight excluding hydrogens is 338 g/mol. The molecule has 1 heterocycles. The molecule has 0 aliphatic carbocycles. The van der Waals surface area contributed by atoms with Crippen molar-refractivity contribution in [2.45, 2.75) is 31.2 Å². The van der Waals surface area contributed by atoms with Crippen LogP contribution in [0.5, 0.6) is 0 Å². The molecule has 3 N–H and O–H groups in total. The molecule has 1 aromatic carbocycles. The smallest absolute Gasteiger partial charge is 0.253 e. The lowest BCUT2D eigenvalue weighted by molar-refractivity contribution is 0.0787. The summed E-state index contributed by atoms with van der Waals surface area (Å²) in [4.78, 5) is 14.3. The van der Waals surface area contributed by atoms with Gasteiger partial charge in [0.05, 0.1) is 4.90 Å². The molecular formula is C15H24ClN3O3S. The summed E-state index contributed by atoms with van der Waals surface area (Å²) in [7, 11) is -3.53. The predicted molar refractivity (Wildman–Crippen MR) is 92.2 cm³/mol. The van der Waals surface area contributed by atoms with Gasteiger partial charge in [-0.2, -0.15) is 0 Å². The zero-order valence-corrected chi connectivity index (χ0v) is 15.0. The van der Waals surface area contributed by atoms with E-state index >= 15 is 0 Å². The van der Waals surface area contributed by atoms with Crippen molar-refractivity contribution in [3.63, 3.8) is 0 Å². The fraction of sp³-hybridized carbons (Fsp3) is 0.533.